The summed E-state index contributed by atoms with van der Waals surface area (Å²) in [6.45, 7) is 8.59. The Morgan fingerprint density at radius 1 is 1.59 bits per heavy atom. The molecule has 0 aliphatic carbocycles. The maximum absolute atomic E-state index is 12.2. The molecular formula is C12H20N2O3. The smallest absolute Gasteiger partial charge is 0.329 e. The average Bonchev–Trinajstić information content (AvgIpc) is 2.68. The molecule has 17 heavy (non-hydrogen) atoms. The number of amides is 2. The summed E-state index contributed by atoms with van der Waals surface area (Å²) in [5, 5.41) is 9.24. The number of carboxylic acid groups (broad SMARTS) is 1. The van der Waals surface area contributed by atoms with Gasteiger partial charge in [-0.05, 0) is 26.7 Å². The number of likely N-dealkylation sites (tertiary alicyclic amines) is 1. The van der Waals surface area contributed by atoms with Gasteiger partial charge in [0, 0.05) is 19.6 Å². The first-order valence-corrected chi connectivity index (χ1v) is 5.88. The number of carbonyl (C=O) groups is 2. The Morgan fingerprint density at radius 2 is 2.24 bits per heavy atom. The zero-order chi connectivity index (χ0) is 13.1. The Bertz CT molecular complexity index is 330. The van der Waals surface area contributed by atoms with Crippen LogP contribution in [-0.4, -0.2) is 52.1 Å². The fourth-order valence-electron chi connectivity index (χ4n) is 2.16. The lowest BCUT2D eigenvalue weighted by molar-refractivity contribution is -0.147. The van der Waals surface area contributed by atoms with E-state index in [4.69, 9.17) is 0 Å². The summed E-state index contributed by atoms with van der Waals surface area (Å²) in [5.41, 5.74) is -1.06. The predicted octanol–water partition coefficient (Wildman–Crippen LogP) is 1.55. The van der Waals surface area contributed by atoms with Crippen LogP contribution in [0.5, 0.6) is 0 Å². The molecule has 0 aromatic heterocycles. The minimum absolute atomic E-state index is 0.213. The van der Waals surface area contributed by atoms with E-state index in [0.717, 1.165) is 6.42 Å². The van der Waals surface area contributed by atoms with Crippen LogP contribution < -0.4 is 0 Å². The van der Waals surface area contributed by atoms with Crippen LogP contribution in [0.3, 0.4) is 0 Å². The lowest BCUT2D eigenvalue weighted by atomic mass is 10.00. The van der Waals surface area contributed by atoms with Gasteiger partial charge in [-0.2, -0.15) is 0 Å². The molecular weight excluding hydrogens is 220 g/mol. The van der Waals surface area contributed by atoms with E-state index < -0.39 is 11.5 Å². The molecule has 1 heterocycles. The summed E-state index contributed by atoms with van der Waals surface area (Å²) in [5.74, 6) is -0.932. The maximum atomic E-state index is 12.2. The van der Waals surface area contributed by atoms with Crippen molar-refractivity contribution in [1.29, 1.82) is 0 Å². The Hall–Kier alpha value is -1.52. The molecule has 1 atom stereocenters. The van der Waals surface area contributed by atoms with Crippen LogP contribution in [-0.2, 0) is 4.79 Å². The number of likely N-dealkylation sites (N-methyl/N-ethyl adjacent to an activating group) is 1. The van der Waals surface area contributed by atoms with E-state index in [2.05, 4.69) is 6.58 Å². The van der Waals surface area contributed by atoms with Gasteiger partial charge in [-0.25, -0.2) is 9.59 Å². The van der Waals surface area contributed by atoms with Gasteiger partial charge in [0.2, 0.25) is 0 Å². The van der Waals surface area contributed by atoms with Crippen LogP contribution in [0.4, 0.5) is 4.79 Å². The molecule has 0 radical (unpaired) electrons. The SMILES string of the molecule is C=CCN(CC)C(=O)N1CCCC1(C)C(=O)O. The predicted molar refractivity (Wildman–Crippen MR) is 64.8 cm³/mol. The number of urea groups is 1. The van der Waals surface area contributed by atoms with Crippen LogP contribution in [0.2, 0.25) is 0 Å². The highest BCUT2D eigenvalue weighted by atomic mass is 16.4. The molecule has 1 unspecified atom stereocenters. The molecule has 0 saturated carbocycles. The van der Waals surface area contributed by atoms with Gasteiger partial charge in [-0.3, -0.25) is 0 Å². The van der Waals surface area contributed by atoms with Crippen molar-refractivity contribution >= 4 is 12.0 Å². The second-order valence-corrected chi connectivity index (χ2v) is 4.44. The topological polar surface area (TPSA) is 60.9 Å². The van der Waals surface area contributed by atoms with Crippen molar-refractivity contribution in [3.63, 3.8) is 0 Å². The number of carboxylic acids is 1. The molecule has 1 aliphatic rings. The maximum Gasteiger partial charge on any atom is 0.329 e. The van der Waals surface area contributed by atoms with E-state index >= 15 is 0 Å². The van der Waals surface area contributed by atoms with Gasteiger partial charge >= 0.3 is 12.0 Å². The van der Waals surface area contributed by atoms with Gasteiger partial charge in [0.15, 0.2) is 0 Å². The third-order valence-corrected chi connectivity index (χ3v) is 3.33. The second kappa shape index (κ2) is 5.21. The molecule has 5 nitrogen and oxygen atoms in total. The molecule has 5 heteroatoms. The fourth-order valence-corrected chi connectivity index (χ4v) is 2.16. The Labute approximate surface area is 102 Å². The largest absolute Gasteiger partial charge is 0.480 e. The zero-order valence-electron chi connectivity index (χ0n) is 10.5. The van der Waals surface area contributed by atoms with E-state index in [1.54, 1.807) is 17.9 Å². The number of hydrogen-bond acceptors (Lipinski definition) is 2. The van der Waals surface area contributed by atoms with Crippen LogP contribution >= 0.6 is 0 Å². The van der Waals surface area contributed by atoms with Gasteiger partial charge in [0.1, 0.15) is 5.54 Å². The first-order valence-electron chi connectivity index (χ1n) is 5.88. The minimum Gasteiger partial charge on any atom is -0.480 e. The van der Waals surface area contributed by atoms with E-state index in [0.29, 0.717) is 26.1 Å². The zero-order valence-corrected chi connectivity index (χ0v) is 10.5. The number of hydrogen-bond donors (Lipinski definition) is 1. The van der Waals surface area contributed by atoms with Gasteiger partial charge in [0.05, 0.1) is 0 Å². The molecule has 0 spiro atoms. The van der Waals surface area contributed by atoms with Crippen molar-refractivity contribution in [2.75, 3.05) is 19.6 Å². The summed E-state index contributed by atoms with van der Waals surface area (Å²) in [4.78, 5) is 26.6. The Morgan fingerprint density at radius 3 is 2.71 bits per heavy atom. The monoisotopic (exact) mass is 240 g/mol. The van der Waals surface area contributed by atoms with Gasteiger partial charge in [-0.1, -0.05) is 6.08 Å². The normalized spacial score (nSPS) is 23.5. The molecule has 0 aromatic rings. The van der Waals surface area contributed by atoms with Crippen LogP contribution in [0.25, 0.3) is 0 Å². The van der Waals surface area contributed by atoms with Crippen LogP contribution in [0.15, 0.2) is 12.7 Å². The van der Waals surface area contributed by atoms with Gasteiger partial charge < -0.3 is 14.9 Å². The lowest BCUT2D eigenvalue weighted by Gasteiger charge is -2.35. The number of aliphatic carboxylic acids is 1. The first kappa shape index (κ1) is 13.5. The fraction of sp³-hybridized carbons (Fsp3) is 0.667. The summed E-state index contributed by atoms with van der Waals surface area (Å²) in [6.07, 6.45) is 2.90. The molecule has 96 valence electrons. The van der Waals surface area contributed by atoms with Crippen molar-refractivity contribution in [2.24, 2.45) is 0 Å². The second-order valence-electron chi connectivity index (χ2n) is 4.44. The van der Waals surface area contributed by atoms with E-state index in [-0.39, 0.29) is 6.03 Å². The van der Waals surface area contributed by atoms with E-state index in [1.165, 1.54) is 4.90 Å². The van der Waals surface area contributed by atoms with Crippen LogP contribution in [0.1, 0.15) is 26.7 Å². The molecule has 0 bridgehead atoms. The lowest BCUT2D eigenvalue weighted by Crippen LogP contribution is -2.55. The molecule has 2 amide bonds. The number of carbonyl (C=O) groups excluding carboxylic acids is 1. The third kappa shape index (κ3) is 2.43. The molecule has 1 rings (SSSR count). The standard InChI is InChI=1S/C12H20N2O3/c1-4-8-13(5-2)11(17)14-9-6-7-12(14,3)10(15)16/h4H,1,5-9H2,2-3H3,(H,15,16). The van der Waals surface area contributed by atoms with Crippen LogP contribution in [0, 0.1) is 0 Å². The van der Waals surface area contributed by atoms with Crippen molar-refractivity contribution < 1.29 is 14.7 Å². The molecule has 0 aromatic carbocycles. The van der Waals surface area contributed by atoms with Gasteiger partial charge in [-0.15, -0.1) is 6.58 Å². The number of nitrogens with zero attached hydrogens (tertiary/aromatic N) is 2. The third-order valence-electron chi connectivity index (χ3n) is 3.33. The summed E-state index contributed by atoms with van der Waals surface area (Å²) < 4.78 is 0. The number of rotatable bonds is 4. The molecule has 1 saturated heterocycles. The highest BCUT2D eigenvalue weighted by Gasteiger charge is 2.46. The molecule has 1 fully saturated rings. The Kier molecular flexibility index (Phi) is 4.15. The Balaban J connectivity index is 2.87. The first-order chi connectivity index (χ1) is 7.97. The summed E-state index contributed by atoms with van der Waals surface area (Å²) in [6, 6.07) is -0.213. The highest BCUT2D eigenvalue weighted by Crippen LogP contribution is 2.30. The highest BCUT2D eigenvalue weighted by molar-refractivity contribution is 5.86. The minimum atomic E-state index is -1.06. The average molecular weight is 240 g/mol. The molecule has 1 aliphatic heterocycles. The van der Waals surface area contributed by atoms with Gasteiger partial charge in [0.25, 0.3) is 0 Å². The molecule has 1 N–H and O–H groups in total. The van der Waals surface area contributed by atoms with E-state index in [9.17, 15) is 14.7 Å². The quantitative estimate of drug-likeness (QED) is 0.758. The summed E-state index contributed by atoms with van der Waals surface area (Å²) in [7, 11) is 0. The van der Waals surface area contributed by atoms with Crippen molar-refractivity contribution in [3.8, 4) is 0 Å². The van der Waals surface area contributed by atoms with Crippen molar-refractivity contribution in [3.05, 3.63) is 12.7 Å². The van der Waals surface area contributed by atoms with Crippen molar-refractivity contribution in [2.45, 2.75) is 32.2 Å². The van der Waals surface area contributed by atoms with Crippen molar-refractivity contribution in [1.82, 2.24) is 9.80 Å². The van der Waals surface area contributed by atoms with E-state index in [1.807, 2.05) is 6.92 Å². The summed E-state index contributed by atoms with van der Waals surface area (Å²) >= 11 is 0.